The maximum absolute atomic E-state index is 12.4. The molecule has 148 valence electrons. The standard InChI is InChI=1S/C18H28N4O2.2ClH/c23-17-18(3-5-19-6-4-18)11-16(24-17)13-21-8-1-15(2-9-21)12-22-10-7-20-14-22;;/h7,10,14-16,19H,1-6,8-9,11-13H2;2*1H. The monoisotopic (exact) mass is 404 g/mol. The Morgan fingerprint density at radius 3 is 2.58 bits per heavy atom. The minimum Gasteiger partial charge on any atom is -0.461 e. The average molecular weight is 405 g/mol. The van der Waals surface area contributed by atoms with Crippen molar-refractivity contribution in [3.63, 3.8) is 0 Å². The lowest BCUT2D eigenvalue weighted by Gasteiger charge is -2.33. The Morgan fingerprint density at radius 1 is 1.19 bits per heavy atom. The molecule has 8 heteroatoms. The Morgan fingerprint density at radius 2 is 1.92 bits per heavy atom. The number of hydrogen-bond acceptors (Lipinski definition) is 5. The molecule has 0 aromatic carbocycles. The number of piperidine rings is 2. The smallest absolute Gasteiger partial charge is 0.312 e. The van der Waals surface area contributed by atoms with Gasteiger partial charge in [0.1, 0.15) is 6.10 Å². The van der Waals surface area contributed by atoms with Crippen molar-refractivity contribution < 1.29 is 9.53 Å². The Bertz CT molecular complexity index is 556. The van der Waals surface area contributed by atoms with E-state index in [-0.39, 0.29) is 42.3 Å². The number of esters is 1. The molecule has 6 nitrogen and oxygen atoms in total. The van der Waals surface area contributed by atoms with Gasteiger partial charge in [-0.3, -0.25) is 9.69 Å². The highest BCUT2D eigenvalue weighted by atomic mass is 35.5. The van der Waals surface area contributed by atoms with Crippen LogP contribution in [0.4, 0.5) is 0 Å². The normalized spacial score (nSPS) is 26.2. The molecule has 0 saturated carbocycles. The quantitative estimate of drug-likeness (QED) is 0.778. The van der Waals surface area contributed by atoms with Crippen LogP contribution in [-0.4, -0.2) is 59.2 Å². The number of aromatic nitrogens is 2. The van der Waals surface area contributed by atoms with E-state index in [1.54, 1.807) is 0 Å². The van der Waals surface area contributed by atoms with E-state index in [2.05, 4.69) is 19.8 Å². The average Bonchev–Trinajstić information content (AvgIpc) is 3.19. The fourth-order valence-corrected chi connectivity index (χ4v) is 4.59. The lowest BCUT2D eigenvalue weighted by atomic mass is 9.76. The zero-order chi connectivity index (χ0) is 16.4. The van der Waals surface area contributed by atoms with Crippen LogP contribution >= 0.6 is 24.8 Å². The number of nitrogens with one attached hydrogen (secondary N) is 1. The third kappa shape index (κ3) is 4.71. The highest BCUT2D eigenvalue weighted by Crippen LogP contribution is 2.41. The van der Waals surface area contributed by atoms with E-state index in [9.17, 15) is 4.79 Å². The molecule has 0 bridgehead atoms. The van der Waals surface area contributed by atoms with Crippen LogP contribution in [0.3, 0.4) is 0 Å². The van der Waals surface area contributed by atoms with Crippen LogP contribution in [0.15, 0.2) is 18.7 Å². The van der Waals surface area contributed by atoms with Gasteiger partial charge < -0.3 is 14.6 Å². The molecule has 4 rings (SSSR count). The van der Waals surface area contributed by atoms with Gasteiger partial charge in [-0.25, -0.2) is 4.98 Å². The summed E-state index contributed by atoms with van der Waals surface area (Å²) < 4.78 is 7.93. The van der Waals surface area contributed by atoms with Crippen molar-refractivity contribution in [3.05, 3.63) is 18.7 Å². The summed E-state index contributed by atoms with van der Waals surface area (Å²) in [5.74, 6) is 0.793. The van der Waals surface area contributed by atoms with Crippen LogP contribution in [0, 0.1) is 11.3 Å². The van der Waals surface area contributed by atoms with Gasteiger partial charge in [-0.1, -0.05) is 0 Å². The Labute approximate surface area is 167 Å². The summed E-state index contributed by atoms with van der Waals surface area (Å²) in [7, 11) is 0. The van der Waals surface area contributed by atoms with Crippen molar-refractivity contribution in [1.82, 2.24) is 19.8 Å². The van der Waals surface area contributed by atoms with Gasteiger partial charge in [0.05, 0.1) is 11.7 Å². The number of carbonyl (C=O) groups is 1. The maximum atomic E-state index is 12.4. The summed E-state index contributed by atoms with van der Waals surface area (Å²) in [5, 5.41) is 3.35. The van der Waals surface area contributed by atoms with E-state index >= 15 is 0 Å². The molecule has 1 aromatic heterocycles. The van der Waals surface area contributed by atoms with Crippen LogP contribution in [0.5, 0.6) is 0 Å². The number of hydrogen-bond donors (Lipinski definition) is 1. The van der Waals surface area contributed by atoms with Gasteiger partial charge in [0.2, 0.25) is 0 Å². The molecule has 26 heavy (non-hydrogen) atoms. The van der Waals surface area contributed by atoms with Gasteiger partial charge in [0, 0.05) is 31.9 Å². The number of rotatable bonds is 4. The number of nitrogens with zero attached hydrogens (tertiary/aromatic N) is 3. The molecular formula is C18H30Cl2N4O2. The fourth-order valence-electron chi connectivity index (χ4n) is 4.59. The second kappa shape index (κ2) is 9.40. The van der Waals surface area contributed by atoms with E-state index in [4.69, 9.17) is 4.74 Å². The third-order valence-electron chi connectivity index (χ3n) is 6.08. The van der Waals surface area contributed by atoms with E-state index < -0.39 is 0 Å². The first-order valence-corrected chi connectivity index (χ1v) is 9.33. The number of likely N-dealkylation sites (tertiary alicyclic amines) is 1. The maximum Gasteiger partial charge on any atom is 0.312 e. The van der Waals surface area contributed by atoms with Crippen LogP contribution in [0.25, 0.3) is 0 Å². The van der Waals surface area contributed by atoms with Crippen LogP contribution in [0.2, 0.25) is 0 Å². The van der Waals surface area contributed by atoms with Crippen molar-refractivity contribution in [2.24, 2.45) is 11.3 Å². The van der Waals surface area contributed by atoms with Crippen molar-refractivity contribution >= 4 is 30.8 Å². The molecule has 3 saturated heterocycles. The number of carbonyl (C=O) groups excluding carboxylic acids is 1. The van der Waals surface area contributed by atoms with Gasteiger partial charge in [-0.05, 0) is 57.8 Å². The molecule has 1 aromatic rings. The molecule has 1 N–H and O–H groups in total. The summed E-state index contributed by atoms with van der Waals surface area (Å²) in [4.78, 5) is 19.0. The number of imidazole rings is 1. The van der Waals surface area contributed by atoms with E-state index in [1.807, 2.05) is 18.7 Å². The van der Waals surface area contributed by atoms with Crippen LogP contribution < -0.4 is 5.32 Å². The molecule has 4 heterocycles. The number of cyclic esters (lactones) is 1. The lowest BCUT2D eigenvalue weighted by Crippen LogP contribution is -2.41. The predicted molar refractivity (Wildman–Crippen MR) is 105 cm³/mol. The molecule has 1 spiro atoms. The Hall–Kier alpha value is -0.820. The van der Waals surface area contributed by atoms with Gasteiger partial charge in [-0.2, -0.15) is 0 Å². The molecule has 0 amide bonds. The van der Waals surface area contributed by atoms with Gasteiger partial charge >= 0.3 is 5.97 Å². The summed E-state index contributed by atoms with van der Waals surface area (Å²) in [5.41, 5.74) is -0.185. The first-order valence-electron chi connectivity index (χ1n) is 9.33. The van der Waals surface area contributed by atoms with Crippen LogP contribution in [-0.2, 0) is 16.1 Å². The third-order valence-corrected chi connectivity index (χ3v) is 6.08. The summed E-state index contributed by atoms with van der Waals surface area (Å²) in [6.45, 7) is 6.11. The first kappa shape index (κ1) is 21.5. The molecule has 3 aliphatic rings. The van der Waals surface area contributed by atoms with Gasteiger partial charge in [-0.15, -0.1) is 24.8 Å². The molecule has 1 atom stereocenters. The predicted octanol–water partition coefficient (Wildman–Crippen LogP) is 2.12. The highest BCUT2D eigenvalue weighted by molar-refractivity contribution is 5.85. The van der Waals surface area contributed by atoms with E-state index in [0.717, 1.165) is 64.4 Å². The summed E-state index contributed by atoms with van der Waals surface area (Å²) in [6.07, 6.45) is 11.1. The number of halogens is 2. The van der Waals surface area contributed by atoms with E-state index in [0.29, 0.717) is 0 Å². The van der Waals surface area contributed by atoms with Crippen molar-refractivity contribution in [2.45, 2.75) is 44.8 Å². The molecule has 0 radical (unpaired) electrons. The minimum absolute atomic E-state index is 0. The van der Waals surface area contributed by atoms with Crippen LogP contribution in [0.1, 0.15) is 32.1 Å². The lowest BCUT2D eigenvalue weighted by molar-refractivity contribution is -0.150. The molecule has 1 unspecified atom stereocenters. The van der Waals surface area contributed by atoms with Crippen molar-refractivity contribution in [1.29, 1.82) is 0 Å². The minimum atomic E-state index is -0.185. The molecule has 3 fully saturated rings. The highest BCUT2D eigenvalue weighted by Gasteiger charge is 2.49. The molecular weight excluding hydrogens is 375 g/mol. The largest absolute Gasteiger partial charge is 0.461 e. The topological polar surface area (TPSA) is 59.4 Å². The second-order valence-electron chi connectivity index (χ2n) is 7.77. The summed E-state index contributed by atoms with van der Waals surface area (Å²) in [6, 6.07) is 0. The zero-order valence-electron chi connectivity index (χ0n) is 15.1. The first-order chi connectivity index (χ1) is 11.7. The second-order valence-corrected chi connectivity index (χ2v) is 7.77. The Balaban J connectivity index is 0.00000121. The zero-order valence-corrected chi connectivity index (χ0v) is 16.8. The Kier molecular flexibility index (Phi) is 7.76. The fraction of sp³-hybridized carbons (Fsp3) is 0.778. The molecule has 0 aliphatic carbocycles. The van der Waals surface area contributed by atoms with E-state index in [1.165, 1.54) is 12.8 Å². The van der Waals surface area contributed by atoms with Crippen molar-refractivity contribution in [2.75, 3.05) is 32.7 Å². The molecule has 3 aliphatic heterocycles. The van der Waals surface area contributed by atoms with Gasteiger partial charge in [0.25, 0.3) is 0 Å². The van der Waals surface area contributed by atoms with Crippen molar-refractivity contribution in [3.8, 4) is 0 Å². The number of ether oxygens (including phenoxy) is 1. The van der Waals surface area contributed by atoms with Gasteiger partial charge in [0.15, 0.2) is 0 Å². The SMILES string of the molecule is Cl.Cl.O=C1OC(CN2CCC(Cn3ccnc3)CC2)CC12CCNCC2. The summed E-state index contributed by atoms with van der Waals surface area (Å²) >= 11 is 0.